The summed E-state index contributed by atoms with van der Waals surface area (Å²) in [6, 6.07) is 14.2. The van der Waals surface area contributed by atoms with Gasteiger partial charge < -0.3 is 24.7 Å². The van der Waals surface area contributed by atoms with E-state index >= 15 is 0 Å². The van der Waals surface area contributed by atoms with Gasteiger partial charge in [0.2, 0.25) is 5.91 Å². The van der Waals surface area contributed by atoms with Gasteiger partial charge in [0.15, 0.2) is 0 Å². The highest BCUT2D eigenvalue weighted by molar-refractivity contribution is 5.81. The number of esters is 1. The highest BCUT2D eigenvalue weighted by Crippen LogP contribution is 2.68. The summed E-state index contributed by atoms with van der Waals surface area (Å²) < 4.78 is 5.70. The molecule has 3 aliphatic rings. The molecule has 3 unspecified atom stereocenters. The Bertz CT molecular complexity index is 979. The van der Waals surface area contributed by atoms with E-state index in [9.17, 15) is 19.8 Å². The van der Waals surface area contributed by atoms with Crippen LogP contribution in [-0.4, -0.2) is 53.2 Å². The van der Waals surface area contributed by atoms with Crippen LogP contribution in [0, 0.1) is 17.8 Å². The number of hydrogen-bond donors (Lipinski definition) is 2. The number of fused-ring (bicyclic) bond motifs is 1. The van der Waals surface area contributed by atoms with Gasteiger partial charge in [-0.1, -0.05) is 18.2 Å². The van der Waals surface area contributed by atoms with Gasteiger partial charge in [0.25, 0.3) is 0 Å². The molecule has 1 heterocycles. The molecular formula is C24H26N2O5. The van der Waals surface area contributed by atoms with Crippen molar-refractivity contribution in [3.8, 4) is 11.5 Å². The lowest BCUT2D eigenvalue weighted by Gasteiger charge is -2.36. The minimum absolute atomic E-state index is 0.0303. The molecule has 2 aliphatic carbocycles. The van der Waals surface area contributed by atoms with Gasteiger partial charge in [-0.2, -0.15) is 0 Å². The summed E-state index contributed by atoms with van der Waals surface area (Å²) in [5, 5.41) is 19.9. The third-order valence-corrected chi connectivity index (χ3v) is 6.68. The molecule has 1 saturated heterocycles. The van der Waals surface area contributed by atoms with E-state index in [1.54, 1.807) is 4.90 Å². The van der Waals surface area contributed by atoms with Crippen LogP contribution in [0.25, 0.3) is 0 Å². The average molecular weight is 422 g/mol. The Balaban J connectivity index is 1.25. The second-order valence-electron chi connectivity index (χ2n) is 8.67. The van der Waals surface area contributed by atoms with Gasteiger partial charge in [0.05, 0.1) is 12.3 Å². The quantitative estimate of drug-likeness (QED) is 0.696. The molecule has 7 heteroatoms. The fourth-order valence-electron chi connectivity index (χ4n) is 4.51. The van der Waals surface area contributed by atoms with E-state index < -0.39 is 6.10 Å². The number of hydrogen-bond acceptors (Lipinski definition) is 6. The molecule has 2 aromatic carbocycles. The molecule has 7 nitrogen and oxygen atoms in total. The lowest BCUT2D eigenvalue weighted by atomic mass is 10.0. The maximum absolute atomic E-state index is 13.0. The van der Waals surface area contributed by atoms with Crippen molar-refractivity contribution >= 4 is 17.6 Å². The highest BCUT2D eigenvalue weighted by atomic mass is 16.5. The average Bonchev–Trinajstić information content (AvgIpc) is 3.67. The molecule has 2 N–H and O–H groups in total. The first kappa shape index (κ1) is 19.7. The first-order valence-corrected chi connectivity index (χ1v) is 10.8. The summed E-state index contributed by atoms with van der Waals surface area (Å²) in [4.78, 5) is 29.5. The van der Waals surface area contributed by atoms with Gasteiger partial charge in [0.1, 0.15) is 17.6 Å². The Morgan fingerprint density at radius 3 is 2.32 bits per heavy atom. The Morgan fingerprint density at radius 1 is 1.00 bits per heavy atom. The fourth-order valence-corrected chi connectivity index (χ4v) is 4.51. The molecule has 3 atom stereocenters. The van der Waals surface area contributed by atoms with Gasteiger partial charge >= 0.3 is 5.97 Å². The number of amides is 1. The van der Waals surface area contributed by atoms with E-state index in [0.29, 0.717) is 30.5 Å². The van der Waals surface area contributed by atoms with Crippen molar-refractivity contribution in [1.82, 2.24) is 4.90 Å². The monoisotopic (exact) mass is 422 g/mol. The normalized spacial score (nSPS) is 24.8. The van der Waals surface area contributed by atoms with E-state index in [2.05, 4.69) is 17.0 Å². The van der Waals surface area contributed by atoms with Gasteiger partial charge in [-0.25, -0.2) is 0 Å². The van der Waals surface area contributed by atoms with E-state index in [-0.39, 0.29) is 35.7 Å². The predicted molar refractivity (Wildman–Crippen MR) is 114 cm³/mol. The molecule has 0 spiro atoms. The Hall–Kier alpha value is -3.22. The van der Waals surface area contributed by atoms with Crippen molar-refractivity contribution in [1.29, 1.82) is 0 Å². The molecule has 31 heavy (non-hydrogen) atoms. The fraction of sp³-hybridized carbons (Fsp3) is 0.417. The summed E-state index contributed by atoms with van der Waals surface area (Å²) >= 11 is 0. The van der Waals surface area contributed by atoms with Crippen LogP contribution in [0.3, 0.4) is 0 Å². The number of nitrogens with zero attached hydrogens (tertiary/aromatic N) is 2. The van der Waals surface area contributed by atoms with Crippen molar-refractivity contribution in [2.45, 2.75) is 18.9 Å². The van der Waals surface area contributed by atoms with Gasteiger partial charge in [-0.15, -0.1) is 0 Å². The molecule has 2 aromatic rings. The number of benzene rings is 2. The predicted octanol–water partition coefficient (Wildman–Crippen LogP) is 2.69. The van der Waals surface area contributed by atoms with E-state index in [1.165, 1.54) is 18.2 Å². The van der Waals surface area contributed by atoms with Crippen LogP contribution in [-0.2, 0) is 14.3 Å². The number of aromatic hydroxyl groups is 2. The number of ether oxygens (including phenoxy) is 1. The van der Waals surface area contributed by atoms with Crippen molar-refractivity contribution < 1.29 is 24.5 Å². The number of carbonyl (C=O) groups excluding carboxylic acids is 2. The number of carbonyl (C=O) groups is 2. The van der Waals surface area contributed by atoms with Gasteiger partial charge in [0, 0.05) is 43.5 Å². The number of phenolic OH excluding ortho intramolecular Hbond substituents is 2. The third kappa shape index (κ3) is 4.04. The number of piperazine rings is 1. The summed E-state index contributed by atoms with van der Waals surface area (Å²) in [5.41, 5.74) is 1.48. The molecule has 3 fully saturated rings. The number of phenols is 2. The first-order valence-electron chi connectivity index (χ1n) is 10.8. The van der Waals surface area contributed by atoms with Crippen LogP contribution in [0.2, 0.25) is 0 Å². The van der Waals surface area contributed by atoms with Crippen molar-refractivity contribution in [2.24, 2.45) is 17.8 Å². The Labute approximate surface area is 180 Å². The van der Waals surface area contributed by atoms with Crippen molar-refractivity contribution in [3.05, 3.63) is 54.1 Å². The molecule has 1 amide bonds. The lowest BCUT2D eigenvalue weighted by molar-refractivity contribution is -0.155. The van der Waals surface area contributed by atoms with Crippen LogP contribution in [0.4, 0.5) is 5.69 Å². The molecule has 5 rings (SSSR count). The van der Waals surface area contributed by atoms with Crippen LogP contribution < -0.4 is 4.90 Å². The molecule has 162 valence electrons. The second-order valence-corrected chi connectivity index (χ2v) is 8.67. The smallest absolute Gasteiger partial charge is 0.310 e. The molecule has 0 radical (unpaired) electrons. The van der Waals surface area contributed by atoms with Crippen LogP contribution >= 0.6 is 0 Å². The van der Waals surface area contributed by atoms with Crippen molar-refractivity contribution in [2.75, 3.05) is 31.1 Å². The zero-order valence-corrected chi connectivity index (χ0v) is 17.2. The minimum Gasteiger partial charge on any atom is -0.508 e. The SMILES string of the molecule is O=C(OC(CC(=O)N1CCN(c2ccccc2)CC1)c1ccc(O)cc1O)C1C2CC21. The molecule has 1 aliphatic heterocycles. The van der Waals surface area contributed by atoms with E-state index in [0.717, 1.165) is 25.2 Å². The summed E-state index contributed by atoms with van der Waals surface area (Å²) in [5.74, 6) is 0.177. The van der Waals surface area contributed by atoms with Crippen LogP contribution in [0.5, 0.6) is 11.5 Å². The number of para-hydroxylation sites is 1. The molecule has 0 aromatic heterocycles. The highest BCUT2D eigenvalue weighted by Gasteiger charge is 2.68. The van der Waals surface area contributed by atoms with E-state index in [1.807, 2.05) is 18.2 Å². The third-order valence-electron chi connectivity index (χ3n) is 6.68. The minimum atomic E-state index is -0.868. The zero-order chi connectivity index (χ0) is 21.5. The lowest BCUT2D eigenvalue weighted by Crippen LogP contribution is -2.49. The maximum Gasteiger partial charge on any atom is 0.310 e. The number of anilines is 1. The molecular weight excluding hydrogens is 396 g/mol. The Kier molecular flexibility index (Phi) is 4.96. The standard InChI is InChI=1S/C24H26N2O5/c27-16-6-7-17(20(28)12-16)21(31-24(30)23-18-13-19(18)23)14-22(29)26-10-8-25(9-11-26)15-4-2-1-3-5-15/h1-7,12,18-19,21,23,27-28H,8-11,13-14H2. The van der Waals surface area contributed by atoms with Crippen molar-refractivity contribution in [3.63, 3.8) is 0 Å². The number of rotatable bonds is 6. The second kappa shape index (κ2) is 7.80. The maximum atomic E-state index is 13.0. The van der Waals surface area contributed by atoms with Crippen LogP contribution in [0.15, 0.2) is 48.5 Å². The van der Waals surface area contributed by atoms with Gasteiger partial charge in [-0.3, -0.25) is 9.59 Å². The zero-order valence-electron chi connectivity index (χ0n) is 17.2. The summed E-state index contributed by atoms with van der Waals surface area (Å²) in [6.45, 7) is 2.64. The first-order chi connectivity index (χ1) is 15.0. The largest absolute Gasteiger partial charge is 0.508 e. The summed E-state index contributed by atoms with van der Waals surface area (Å²) in [7, 11) is 0. The van der Waals surface area contributed by atoms with Crippen LogP contribution in [0.1, 0.15) is 24.5 Å². The van der Waals surface area contributed by atoms with Gasteiger partial charge in [-0.05, 0) is 42.5 Å². The molecule has 0 bridgehead atoms. The van der Waals surface area contributed by atoms with E-state index in [4.69, 9.17) is 4.74 Å². The summed E-state index contributed by atoms with van der Waals surface area (Å²) in [6.07, 6.45) is 0.185. The topological polar surface area (TPSA) is 90.3 Å². The Morgan fingerprint density at radius 2 is 1.71 bits per heavy atom. The molecule has 2 saturated carbocycles.